The van der Waals surface area contributed by atoms with Gasteiger partial charge in [0, 0.05) is 6.54 Å². The molecule has 2 amide bonds. The smallest absolute Gasteiger partial charge is 0.322 e. The predicted octanol–water partition coefficient (Wildman–Crippen LogP) is 4.03. The Labute approximate surface area is 158 Å². The number of halogens is 1. The number of amides is 2. The van der Waals surface area contributed by atoms with Crippen molar-refractivity contribution in [1.29, 1.82) is 0 Å². The number of hydrogen-bond donors (Lipinski definition) is 3. The van der Waals surface area contributed by atoms with E-state index in [1.54, 1.807) is 30.3 Å². The molecule has 0 saturated heterocycles. The molecule has 0 bridgehead atoms. The molecule has 6 nitrogen and oxygen atoms in total. The SMILES string of the molecule is CCOc1c(Cl)cccc1NC(=O)N(CC)C[C@H](O)c1cccc(O)c1. The summed E-state index contributed by atoms with van der Waals surface area (Å²) in [6.07, 6.45) is -0.918. The first-order valence-electron chi connectivity index (χ1n) is 8.40. The molecule has 3 N–H and O–H groups in total. The van der Waals surface area contributed by atoms with Gasteiger partial charge in [0.25, 0.3) is 0 Å². The average molecular weight is 379 g/mol. The molecule has 0 aliphatic carbocycles. The second-order valence-corrected chi connectivity index (χ2v) is 6.04. The number of urea groups is 1. The number of ether oxygens (including phenoxy) is 1. The highest BCUT2D eigenvalue weighted by atomic mass is 35.5. The van der Waals surface area contributed by atoms with Crippen molar-refractivity contribution in [2.24, 2.45) is 0 Å². The maximum atomic E-state index is 12.6. The summed E-state index contributed by atoms with van der Waals surface area (Å²) < 4.78 is 5.50. The van der Waals surface area contributed by atoms with E-state index < -0.39 is 6.10 Å². The maximum absolute atomic E-state index is 12.6. The van der Waals surface area contributed by atoms with E-state index >= 15 is 0 Å². The molecule has 7 heteroatoms. The van der Waals surface area contributed by atoms with Crippen LogP contribution < -0.4 is 10.1 Å². The van der Waals surface area contributed by atoms with Crippen molar-refractivity contribution < 1.29 is 19.7 Å². The van der Waals surface area contributed by atoms with Crippen LogP contribution >= 0.6 is 11.6 Å². The van der Waals surface area contributed by atoms with Crippen molar-refractivity contribution in [2.75, 3.05) is 25.0 Å². The number of nitrogens with zero attached hydrogens (tertiary/aromatic N) is 1. The van der Waals surface area contributed by atoms with Crippen molar-refractivity contribution >= 4 is 23.3 Å². The highest BCUT2D eigenvalue weighted by Crippen LogP contribution is 2.33. The molecular weight excluding hydrogens is 356 g/mol. The molecule has 140 valence electrons. The van der Waals surface area contributed by atoms with Crippen LogP contribution in [-0.4, -0.2) is 40.8 Å². The molecule has 26 heavy (non-hydrogen) atoms. The third-order valence-electron chi connectivity index (χ3n) is 3.81. The van der Waals surface area contributed by atoms with E-state index in [1.165, 1.54) is 17.0 Å². The summed E-state index contributed by atoms with van der Waals surface area (Å²) in [5.41, 5.74) is 1.00. The van der Waals surface area contributed by atoms with Gasteiger partial charge in [-0.1, -0.05) is 29.8 Å². The van der Waals surface area contributed by atoms with Gasteiger partial charge >= 0.3 is 6.03 Å². The van der Waals surface area contributed by atoms with Gasteiger partial charge in [-0.2, -0.15) is 0 Å². The summed E-state index contributed by atoms with van der Waals surface area (Å²) in [7, 11) is 0. The number of hydrogen-bond acceptors (Lipinski definition) is 4. The van der Waals surface area contributed by atoms with Gasteiger partial charge in [-0.15, -0.1) is 0 Å². The van der Waals surface area contributed by atoms with E-state index in [-0.39, 0.29) is 18.3 Å². The molecule has 0 saturated carbocycles. The summed E-state index contributed by atoms with van der Waals surface area (Å²) in [6.45, 7) is 4.54. The van der Waals surface area contributed by atoms with Crippen molar-refractivity contribution in [1.82, 2.24) is 4.90 Å². The summed E-state index contributed by atoms with van der Waals surface area (Å²) in [4.78, 5) is 14.1. The topological polar surface area (TPSA) is 82.0 Å². The molecule has 0 heterocycles. The Bertz CT molecular complexity index is 754. The van der Waals surface area contributed by atoms with Gasteiger partial charge in [-0.3, -0.25) is 0 Å². The highest BCUT2D eigenvalue weighted by Gasteiger charge is 2.19. The Morgan fingerprint density at radius 1 is 1.27 bits per heavy atom. The molecule has 2 rings (SSSR count). The Hall–Kier alpha value is -2.44. The van der Waals surface area contributed by atoms with Crippen molar-refractivity contribution in [3.63, 3.8) is 0 Å². The monoisotopic (exact) mass is 378 g/mol. The Morgan fingerprint density at radius 3 is 2.65 bits per heavy atom. The van der Waals surface area contributed by atoms with Gasteiger partial charge in [0.1, 0.15) is 5.75 Å². The summed E-state index contributed by atoms with van der Waals surface area (Å²) in [6, 6.07) is 11.1. The molecule has 1 atom stereocenters. The van der Waals surface area contributed by atoms with Crippen LogP contribution in [-0.2, 0) is 0 Å². The van der Waals surface area contributed by atoms with Crippen LogP contribution in [0.5, 0.6) is 11.5 Å². The van der Waals surface area contributed by atoms with Gasteiger partial charge in [0.15, 0.2) is 5.75 Å². The van der Waals surface area contributed by atoms with Crippen molar-refractivity contribution in [2.45, 2.75) is 20.0 Å². The normalized spacial score (nSPS) is 11.7. The largest absolute Gasteiger partial charge is 0.508 e. The highest BCUT2D eigenvalue weighted by molar-refractivity contribution is 6.32. The Morgan fingerprint density at radius 2 is 2.00 bits per heavy atom. The number of carbonyl (C=O) groups is 1. The molecule has 0 aliphatic heterocycles. The lowest BCUT2D eigenvalue weighted by Crippen LogP contribution is -2.37. The minimum Gasteiger partial charge on any atom is -0.508 e. The number of nitrogens with one attached hydrogen (secondary N) is 1. The first kappa shape index (κ1) is 19.9. The van der Waals surface area contributed by atoms with E-state index in [1.807, 2.05) is 13.8 Å². The van der Waals surface area contributed by atoms with Gasteiger partial charge < -0.3 is 25.2 Å². The summed E-state index contributed by atoms with van der Waals surface area (Å²) in [5, 5.41) is 23.1. The number of phenolic OH excluding ortho intramolecular Hbond substituents is 1. The molecule has 2 aromatic rings. The van der Waals surface area contributed by atoms with Gasteiger partial charge in [0.2, 0.25) is 0 Å². The first-order chi connectivity index (χ1) is 12.5. The summed E-state index contributed by atoms with van der Waals surface area (Å²) in [5.74, 6) is 0.476. The van der Waals surface area contributed by atoms with Crippen LogP contribution in [0, 0.1) is 0 Å². The molecule has 0 aliphatic rings. The zero-order chi connectivity index (χ0) is 19.1. The molecule has 0 fully saturated rings. The number of aromatic hydroxyl groups is 1. The van der Waals surface area contributed by atoms with E-state index in [4.69, 9.17) is 16.3 Å². The fourth-order valence-electron chi connectivity index (χ4n) is 2.49. The minimum atomic E-state index is -0.918. The van der Waals surface area contributed by atoms with E-state index in [0.717, 1.165) is 0 Å². The lowest BCUT2D eigenvalue weighted by Gasteiger charge is -2.25. The summed E-state index contributed by atoms with van der Waals surface area (Å²) >= 11 is 6.13. The van der Waals surface area contributed by atoms with Crippen LogP contribution in [0.2, 0.25) is 5.02 Å². The molecular formula is C19H23ClN2O4. The van der Waals surface area contributed by atoms with Gasteiger partial charge in [-0.25, -0.2) is 4.79 Å². The third-order valence-corrected chi connectivity index (χ3v) is 4.11. The average Bonchev–Trinajstić information content (AvgIpc) is 2.62. The molecule has 0 spiro atoms. The number of likely N-dealkylation sites (N-methyl/N-ethyl adjacent to an activating group) is 1. The number of aliphatic hydroxyl groups excluding tert-OH is 1. The van der Waals surface area contributed by atoms with Gasteiger partial charge in [0.05, 0.1) is 30.0 Å². The zero-order valence-corrected chi connectivity index (χ0v) is 15.5. The first-order valence-corrected chi connectivity index (χ1v) is 8.78. The number of anilines is 1. The number of rotatable bonds is 7. The van der Waals surface area contributed by atoms with Gasteiger partial charge in [-0.05, 0) is 43.7 Å². The lowest BCUT2D eigenvalue weighted by molar-refractivity contribution is 0.128. The Kier molecular flexibility index (Phi) is 7.12. The zero-order valence-electron chi connectivity index (χ0n) is 14.8. The number of para-hydroxylation sites is 1. The van der Waals surface area contributed by atoms with E-state index in [0.29, 0.717) is 35.2 Å². The van der Waals surface area contributed by atoms with Crippen LogP contribution in [0.3, 0.4) is 0 Å². The quantitative estimate of drug-likeness (QED) is 0.679. The standard InChI is InChI=1S/C19H23ClN2O4/c1-3-22(12-17(24)13-7-5-8-14(23)11-13)19(25)21-16-10-6-9-15(20)18(16)26-4-2/h5-11,17,23-24H,3-4,12H2,1-2H3,(H,21,25)/t17-/m0/s1. The minimum absolute atomic E-state index is 0.0642. The number of phenols is 1. The molecule has 0 unspecified atom stereocenters. The second kappa shape index (κ2) is 9.31. The molecule has 2 aromatic carbocycles. The van der Waals surface area contributed by atoms with Crippen LogP contribution in [0.1, 0.15) is 25.5 Å². The molecule has 0 aromatic heterocycles. The maximum Gasteiger partial charge on any atom is 0.322 e. The molecule has 0 radical (unpaired) electrons. The van der Waals surface area contributed by atoms with Crippen molar-refractivity contribution in [3.05, 3.63) is 53.1 Å². The van der Waals surface area contributed by atoms with Crippen molar-refractivity contribution in [3.8, 4) is 11.5 Å². The van der Waals surface area contributed by atoms with E-state index in [2.05, 4.69) is 5.32 Å². The predicted molar refractivity (Wildman–Crippen MR) is 102 cm³/mol. The Balaban J connectivity index is 2.10. The van der Waals surface area contributed by atoms with Crippen LogP contribution in [0.15, 0.2) is 42.5 Å². The van der Waals surface area contributed by atoms with Crippen LogP contribution in [0.4, 0.5) is 10.5 Å². The lowest BCUT2D eigenvalue weighted by atomic mass is 10.1. The second-order valence-electron chi connectivity index (χ2n) is 5.63. The number of benzene rings is 2. The van der Waals surface area contributed by atoms with Crippen LogP contribution in [0.25, 0.3) is 0 Å². The number of aliphatic hydroxyl groups is 1. The fourth-order valence-corrected chi connectivity index (χ4v) is 2.72. The van der Waals surface area contributed by atoms with E-state index in [9.17, 15) is 15.0 Å². The number of carbonyl (C=O) groups excluding carboxylic acids is 1. The third kappa shape index (κ3) is 5.03. The fraction of sp³-hybridized carbons (Fsp3) is 0.316.